The molecular weight excluding hydrogens is 626 g/mol. The monoisotopic (exact) mass is 660 g/mol. The van der Waals surface area contributed by atoms with Crippen LogP contribution in [0.15, 0.2) is 67.3 Å². The van der Waals surface area contributed by atoms with E-state index in [2.05, 4.69) is 25.8 Å². The van der Waals surface area contributed by atoms with Crippen LogP contribution in [0.5, 0.6) is 17.2 Å². The van der Waals surface area contributed by atoms with E-state index in [4.69, 9.17) is 14.2 Å². The highest BCUT2D eigenvalue weighted by atomic mass is 19.3. The number of aromatic nitrogens is 5. The number of carbonyl (C=O) groups excluding carboxylic acids is 2. The van der Waals surface area contributed by atoms with Crippen LogP contribution < -0.4 is 20.1 Å². The van der Waals surface area contributed by atoms with Crippen molar-refractivity contribution in [2.45, 2.75) is 32.5 Å². The quantitative estimate of drug-likeness (QED) is 0.196. The SMILES string of the molecule is Cc1ccc(Oc2ccc(OC(F)F)c(-c3nn(CCNC4CCOC4)cc3NC(=O)c3cnn4cccnc34)c2)cc1C(=O)N(C)C. The van der Waals surface area contributed by atoms with Gasteiger partial charge in [-0.25, -0.2) is 9.50 Å². The van der Waals surface area contributed by atoms with Crippen LogP contribution in [0.2, 0.25) is 0 Å². The molecule has 2 N–H and O–H groups in total. The molecule has 0 spiro atoms. The van der Waals surface area contributed by atoms with Crippen LogP contribution in [0.3, 0.4) is 0 Å². The van der Waals surface area contributed by atoms with E-state index in [1.165, 1.54) is 33.8 Å². The summed E-state index contributed by atoms with van der Waals surface area (Å²) in [6.45, 7) is 0.957. The number of hydrogen-bond acceptors (Lipinski definition) is 9. The summed E-state index contributed by atoms with van der Waals surface area (Å²) in [5, 5.41) is 15.2. The van der Waals surface area contributed by atoms with Gasteiger partial charge in [0.2, 0.25) is 0 Å². The summed E-state index contributed by atoms with van der Waals surface area (Å²) in [7, 11) is 3.31. The molecule has 1 fully saturated rings. The summed E-state index contributed by atoms with van der Waals surface area (Å²) in [6.07, 6.45) is 7.13. The lowest BCUT2D eigenvalue weighted by molar-refractivity contribution is -0.0495. The minimum atomic E-state index is -3.13. The zero-order valence-corrected chi connectivity index (χ0v) is 26.5. The van der Waals surface area contributed by atoms with Crippen LogP contribution in [-0.2, 0) is 11.3 Å². The molecule has 6 rings (SSSR count). The van der Waals surface area contributed by atoms with Crippen molar-refractivity contribution in [2.24, 2.45) is 0 Å². The van der Waals surface area contributed by atoms with Crippen molar-refractivity contribution in [3.8, 4) is 28.5 Å². The second kappa shape index (κ2) is 14.1. The van der Waals surface area contributed by atoms with Crippen molar-refractivity contribution in [1.29, 1.82) is 0 Å². The van der Waals surface area contributed by atoms with Gasteiger partial charge in [-0.1, -0.05) is 6.07 Å². The van der Waals surface area contributed by atoms with E-state index in [1.54, 1.807) is 61.6 Å². The molecule has 15 heteroatoms. The third kappa shape index (κ3) is 7.26. The molecule has 1 aliphatic rings. The Hall–Kier alpha value is -5.41. The molecule has 1 saturated heterocycles. The third-order valence-corrected chi connectivity index (χ3v) is 7.74. The number of benzene rings is 2. The maximum Gasteiger partial charge on any atom is 0.387 e. The van der Waals surface area contributed by atoms with Gasteiger partial charge in [0.25, 0.3) is 11.8 Å². The molecule has 1 unspecified atom stereocenters. The van der Waals surface area contributed by atoms with Gasteiger partial charge in [-0.3, -0.25) is 14.3 Å². The minimum Gasteiger partial charge on any atom is -0.457 e. The van der Waals surface area contributed by atoms with E-state index >= 15 is 0 Å². The van der Waals surface area contributed by atoms with E-state index < -0.39 is 12.5 Å². The molecule has 0 aliphatic carbocycles. The summed E-state index contributed by atoms with van der Waals surface area (Å²) < 4.78 is 46.8. The van der Waals surface area contributed by atoms with Gasteiger partial charge in [-0.15, -0.1) is 0 Å². The number of alkyl halides is 2. The molecule has 4 heterocycles. The van der Waals surface area contributed by atoms with Crippen LogP contribution in [0.4, 0.5) is 14.5 Å². The first-order valence-corrected chi connectivity index (χ1v) is 15.2. The topological polar surface area (TPSA) is 137 Å². The van der Waals surface area contributed by atoms with Gasteiger partial charge in [0.15, 0.2) is 5.65 Å². The van der Waals surface area contributed by atoms with Gasteiger partial charge in [-0.05, 0) is 55.3 Å². The van der Waals surface area contributed by atoms with Crippen LogP contribution in [0.25, 0.3) is 16.9 Å². The van der Waals surface area contributed by atoms with E-state index in [1.807, 2.05) is 6.92 Å². The molecule has 13 nitrogen and oxygen atoms in total. The first-order chi connectivity index (χ1) is 23.2. The average Bonchev–Trinajstić information content (AvgIpc) is 3.83. The fourth-order valence-corrected chi connectivity index (χ4v) is 5.31. The molecule has 2 aromatic carbocycles. The molecule has 0 saturated carbocycles. The van der Waals surface area contributed by atoms with Gasteiger partial charge in [0, 0.05) is 57.4 Å². The lowest BCUT2D eigenvalue weighted by Crippen LogP contribution is -2.32. The van der Waals surface area contributed by atoms with E-state index in [-0.39, 0.29) is 46.0 Å². The van der Waals surface area contributed by atoms with Crippen LogP contribution >= 0.6 is 0 Å². The Bertz CT molecular complexity index is 1940. The zero-order chi connectivity index (χ0) is 33.8. The fraction of sp³-hybridized carbons (Fsp3) is 0.303. The van der Waals surface area contributed by atoms with Crippen LogP contribution in [0.1, 0.15) is 32.7 Å². The Kier molecular flexibility index (Phi) is 9.59. The Balaban J connectivity index is 1.36. The zero-order valence-electron chi connectivity index (χ0n) is 26.5. The van der Waals surface area contributed by atoms with Crippen molar-refractivity contribution < 1.29 is 32.6 Å². The second-order valence-corrected chi connectivity index (χ2v) is 11.4. The van der Waals surface area contributed by atoms with Crippen molar-refractivity contribution in [3.05, 3.63) is 83.9 Å². The minimum absolute atomic E-state index is 0.147. The Labute approximate surface area is 274 Å². The number of nitrogens with zero attached hydrogens (tertiary/aromatic N) is 6. The van der Waals surface area contributed by atoms with Gasteiger partial charge < -0.3 is 29.7 Å². The lowest BCUT2D eigenvalue weighted by Gasteiger charge is -2.15. The molecule has 0 radical (unpaired) electrons. The predicted molar refractivity (Wildman–Crippen MR) is 172 cm³/mol. The largest absolute Gasteiger partial charge is 0.457 e. The maximum absolute atomic E-state index is 13.6. The number of carbonyl (C=O) groups is 2. The van der Waals surface area contributed by atoms with Gasteiger partial charge >= 0.3 is 6.61 Å². The molecule has 2 amide bonds. The van der Waals surface area contributed by atoms with Crippen molar-refractivity contribution in [3.63, 3.8) is 0 Å². The molecule has 0 bridgehead atoms. The first kappa shape index (κ1) is 32.5. The summed E-state index contributed by atoms with van der Waals surface area (Å²) >= 11 is 0. The van der Waals surface area contributed by atoms with E-state index in [0.717, 1.165) is 12.0 Å². The third-order valence-electron chi connectivity index (χ3n) is 7.74. The average molecular weight is 661 g/mol. The number of aryl methyl sites for hydroxylation is 1. The molecular formula is C33H34F2N8O5. The highest BCUT2D eigenvalue weighted by molar-refractivity contribution is 6.09. The van der Waals surface area contributed by atoms with Crippen molar-refractivity contribution in [2.75, 3.05) is 39.2 Å². The van der Waals surface area contributed by atoms with Crippen LogP contribution in [-0.4, -0.2) is 87.6 Å². The van der Waals surface area contributed by atoms with E-state index in [0.29, 0.717) is 43.3 Å². The summed E-state index contributed by atoms with van der Waals surface area (Å²) in [4.78, 5) is 32.0. The number of hydrogen-bond donors (Lipinski definition) is 2. The predicted octanol–water partition coefficient (Wildman–Crippen LogP) is 4.63. The summed E-state index contributed by atoms with van der Waals surface area (Å²) in [5.74, 6) is -0.265. The van der Waals surface area contributed by atoms with Crippen LogP contribution in [0, 0.1) is 6.92 Å². The maximum atomic E-state index is 13.6. The normalized spacial score (nSPS) is 14.4. The highest BCUT2D eigenvalue weighted by Crippen LogP contribution is 2.39. The molecule has 48 heavy (non-hydrogen) atoms. The molecule has 250 valence electrons. The number of ether oxygens (including phenoxy) is 3. The molecule has 1 aliphatic heterocycles. The fourth-order valence-electron chi connectivity index (χ4n) is 5.31. The Morgan fingerprint density at radius 3 is 2.73 bits per heavy atom. The van der Waals surface area contributed by atoms with Crippen molar-refractivity contribution >= 4 is 23.1 Å². The number of nitrogens with one attached hydrogen (secondary N) is 2. The van der Waals surface area contributed by atoms with Gasteiger partial charge in [0.1, 0.15) is 28.5 Å². The number of fused-ring (bicyclic) bond motifs is 1. The molecule has 1 atom stereocenters. The number of amides is 2. The second-order valence-electron chi connectivity index (χ2n) is 11.4. The number of rotatable bonds is 12. The van der Waals surface area contributed by atoms with Gasteiger partial charge in [-0.2, -0.15) is 19.0 Å². The lowest BCUT2D eigenvalue weighted by atomic mass is 10.1. The summed E-state index contributed by atoms with van der Waals surface area (Å²) in [5.41, 5.74) is 2.34. The highest BCUT2D eigenvalue weighted by Gasteiger charge is 2.23. The molecule has 3 aromatic heterocycles. The first-order valence-electron chi connectivity index (χ1n) is 15.2. The summed E-state index contributed by atoms with van der Waals surface area (Å²) in [6, 6.07) is 11.3. The van der Waals surface area contributed by atoms with Gasteiger partial charge in [0.05, 0.1) is 30.6 Å². The van der Waals surface area contributed by atoms with E-state index in [9.17, 15) is 18.4 Å². The Morgan fingerprint density at radius 1 is 1.15 bits per heavy atom. The number of halogens is 2. The molecule has 5 aromatic rings. The van der Waals surface area contributed by atoms with Crippen molar-refractivity contribution in [1.82, 2.24) is 34.6 Å². The Morgan fingerprint density at radius 2 is 1.96 bits per heavy atom. The standard InChI is InChI=1S/C33H34F2N8O5/c1-20-5-6-22(15-24(20)32(45)41(2)3)47-23-7-8-28(48-33(34)35)25(16-23)29-27(18-42(40-29)13-11-36-21-9-14-46-19-21)39-31(44)26-17-38-43-12-4-10-37-30(26)43/h4-8,10,12,15-18,21,33,36H,9,11,13-14,19H2,1-3H3,(H,39,44). The number of anilines is 1. The smallest absolute Gasteiger partial charge is 0.387 e.